The Morgan fingerprint density at radius 1 is 1.24 bits per heavy atom. The molecule has 0 spiro atoms. The lowest BCUT2D eigenvalue weighted by molar-refractivity contribution is -0.384. The van der Waals surface area contributed by atoms with E-state index >= 15 is 0 Å². The number of benzene rings is 1. The number of fused-ring (bicyclic) bond motifs is 1. The molecular formula is C16H21N3O2. The first kappa shape index (κ1) is 15.2. The molecule has 1 atom stereocenters. The molecule has 5 nitrogen and oxygen atoms in total. The Morgan fingerprint density at radius 3 is 2.62 bits per heavy atom. The molecule has 0 aliphatic carbocycles. The fourth-order valence-electron chi connectivity index (χ4n) is 2.32. The van der Waals surface area contributed by atoms with E-state index in [1.807, 2.05) is 24.3 Å². The van der Waals surface area contributed by atoms with Gasteiger partial charge in [-0.2, -0.15) is 0 Å². The molecule has 0 aliphatic rings. The molecule has 2 rings (SSSR count). The summed E-state index contributed by atoms with van der Waals surface area (Å²) in [6.45, 7) is 6.41. The third-order valence-electron chi connectivity index (χ3n) is 3.52. The second-order valence-electron chi connectivity index (χ2n) is 5.81. The van der Waals surface area contributed by atoms with Gasteiger partial charge in [0, 0.05) is 11.4 Å². The summed E-state index contributed by atoms with van der Waals surface area (Å²) in [4.78, 5) is 15.0. The highest BCUT2D eigenvalue weighted by Crippen LogP contribution is 2.32. The number of hydrogen-bond acceptors (Lipinski definition) is 4. The fourth-order valence-corrected chi connectivity index (χ4v) is 2.32. The van der Waals surface area contributed by atoms with Crippen LogP contribution in [-0.2, 0) is 0 Å². The molecule has 0 saturated heterocycles. The fraction of sp³-hybridized carbons (Fsp3) is 0.438. The van der Waals surface area contributed by atoms with E-state index in [1.54, 1.807) is 0 Å². The lowest BCUT2D eigenvalue weighted by Gasteiger charge is -2.17. The lowest BCUT2D eigenvalue weighted by atomic mass is 10.0. The van der Waals surface area contributed by atoms with Crippen molar-refractivity contribution in [3.8, 4) is 0 Å². The van der Waals surface area contributed by atoms with Crippen LogP contribution >= 0.6 is 0 Å². The molecule has 0 bridgehead atoms. The average Bonchev–Trinajstić information content (AvgIpc) is 2.45. The van der Waals surface area contributed by atoms with E-state index in [0.29, 0.717) is 11.6 Å². The standard InChI is InChI=1S/C16H21N3O2/c1-11(2)8-9-12(3)18-16-13-6-4-5-7-14(13)17-10-15(16)19(20)21/h4-7,10-12H,8-9H2,1-3H3,(H,17,18). The summed E-state index contributed by atoms with van der Waals surface area (Å²) in [5.41, 5.74) is 1.37. The maximum atomic E-state index is 11.2. The van der Waals surface area contributed by atoms with Crippen molar-refractivity contribution in [2.75, 3.05) is 5.32 Å². The van der Waals surface area contributed by atoms with E-state index in [-0.39, 0.29) is 16.7 Å². The number of para-hydroxylation sites is 1. The van der Waals surface area contributed by atoms with Crippen LogP contribution in [0, 0.1) is 16.0 Å². The van der Waals surface area contributed by atoms with Crippen LogP contribution in [0.2, 0.25) is 0 Å². The van der Waals surface area contributed by atoms with E-state index in [1.165, 1.54) is 6.20 Å². The highest BCUT2D eigenvalue weighted by Gasteiger charge is 2.19. The predicted molar refractivity (Wildman–Crippen MR) is 85.6 cm³/mol. The molecule has 2 aromatic rings. The van der Waals surface area contributed by atoms with E-state index in [4.69, 9.17) is 0 Å². The third kappa shape index (κ3) is 3.68. The molecule has 0 radical (unpaired) electrons. The number of nitrogens with one attached hydrogen (secondary N) is 1. The molecule has 0 aliphatic heterocycles. The highest BCUT2D eigenvalue weighted by molar-refractivity contribution is 5.95. The van der Waals surface area contributed by atoms with Crippen LogP contribution < -0.4 is 5.32 Å². The lowest BCUT2D eigenvalue weighted by Crippen LogP contribution is -2.17. The van der Waals surface area contributed by atoms with Crippen LogP contribution in [0.25, 0.3) is 10.9 Å². The second-order valence-corrected chi connectivity index (χ2v) is 5.81. The number of hydrogen-bond donors (Lipinski definition) is 1. The number of pyridine rings is 1. The number of nitrogens with zero attached hydrogens (tertiary/aromatic N) is 2. The second kappa shape index (κ2) is 6.52. The highest BCUT2D eigenvalue weighted by atomic mass is 16.6. The topological polar surface area (TPSA) is 68.1 Å². The summed E-state index contributed by atoms with van der Waals surface area (Å²) in [7, 11) is 0. The molecule has 0 amide bonds. The normalized spacial score (nSPS) is 12.6. The Kier molecular flexibility index (Phi) is 4.73. The van der Waals surface area contributed by atoms with Crippen molar-refractivity contribution < 1.29 is 4.92 Å². The van der Waals surface area contributed by atoms with E-state index < -0.39 is 0 Å². The molecule has 0 fully saturated rings. The zero-order valence-corrected chi connectivity index (χ0v) is 12.7. The number of anilines is 1. The molecule has 5 heteroatoms. The first-order chi connectivity index (χ1) is 9.99. The van der Waals surface area contributed by atoms with Crippen molar-refractivity contribution in [2.24, 2.45) is 5.92 Å². The Bertz CT molecular complexity index is 640. The van der Waals surface area contributed by atoms with Crippen molar-refractivity contribution in [1.82, 2.24) is 4.98 Å². The molecule has 1 heterocycles. The van der Waals surface area contributed by atoms with Gasteiger partial charge in [0.15, 0.2) is 0 Å². The Morgan fingerprint density at radius 2 is 1.95 bits per heavy atom. The van der Waals surface area contributed by atoms with Gasteiger partial charge >= 0.3 is 5.69 Å². The third-order valence-corrected chi connectivity index (χ3v) is 3.52. The minimum atomic E-state index is -0.378. The minimum absolute atomic E-state index is 0.0325. The van der Waals surface area contributed by atoms with Crippen molar-refractivity contribution in [2.45, 2.75) is 39.7 Å². The van der Waals surface area contributed by atoms with Crippen molar-refractivity contribution >= 4 is 22.3 Å². The van der Waals surface area contributed by atoms with Crippen LogP contribution in [-0.4, -0.2) is 15.9 Å². The van der Waals surface area contributed by atoms with E-state index in [9.17, 15) is 10.1 Å². The van der Waals surface area contributed by atoms with Crippen LogP contribution in [0.3, 0.4) is 0 Å². The monoisotopic (exact) mass is 287 g/mol. The summed E-state index contributed by atoms with van der Waals surface area (Å²) in [6, 6.07) is 7.66. The maximum Gasteiger partial charge on any atom is 0.311 e. The summed E-state index contributed by atoms with van der Waals surface area (Å²) in [6.07, 6.45) is 3.40. The van der Waals surface area contributed by atoms with Gasteiger partial charge in [-0.15, -0.1) is 0 Å². The quantitative estimate of drug-likeness (QED) is 0.632. The van der Waals surface area contributed by atoms with Crippen molar-refractivity contribution in [3.63, 3.8) is 0 Å². The van der Waals surface area contributed by atoms with Gasteiger partial charge in [-0.3, -0.25) is 10.1 Å². The summed E-state index contributed by atoms with van der Waals surface area (Å²) >= 11 is 0. The molecular weight excluding hydrogens is 266 g/mol. The predicted octanol–water partition coefficient (Wildman–Crippen LogP) is 4.38. The molecule has 1 aromatic heterocycles. The Hall–Kier alpha value is -2.17. The number of nitro groups is 1. The van der Waals surface area contributed by atoms with Gasteiger partial charge < -0.3 is 5.32 Å². The van der Waals surface area contributed by atoms with Crippen LogP contribution in [0.5, 0.6) is 0 Å². The summed E-state index contributed by atoms with van der Waals surface area (Å²) in [5, 5.41) is 15.3. The molecule has 1 aromatic carbocycles. The van der Waals surface area contributed by atoms with Gasteiger partial charge in [-0.25, -0.2) is 4.98 Å². The van der Waals surface area contributed by atoms with Crippen LogP contribution in [0.1, 0.15) is 33.6 Å². The number of aromatic nitrogens is 1. The van der Waals surface area contributed by atoms with E-state index in [0.717, 1.165) is 23.7 Å². The molecule has 21 heavy (non-hydrogen) atoms. The zero-order chi connectivity index (χ0) is 15.4. The first-order valence-corrected chi connectivity index (χ1v) is 7.27. The summed E-state index contributed by atoms with van der Waals surface area (Å²) in [5.74, 6) is 0.624. The van der Waals surface area contributed by atoms with Gasteiger partial charge in [-0.1, -0.05) is 32.0 Å². The van der Waals surface area contributed by atoms with Gasteiger partial charge in [-0.05, 0) is 31.7 Å². The van der Waals surface area contributed by atoms with Gasteiger partial charge in [0.2, 0.25) is 0 Å². The smallest absolute Gasteiger partial charge is 0.311 e. The van der Waals surface area contributed by atoms with Crippen LogP contribution in [0.15, 0.2) is 30.5 Å². The summed E-state index contributed by atoms with van der Waals surface area (Å²) < 4.78 is 0. The molecule has 1 N–H and O–H groups in total. The maximum absolute atomic E-state index is 11.2. The SMILES string of the molecule is CC(C)CCC(C)Nc1c([N+](=O)[O-])cnc2ccccc12. The van der Waals surface area contributed by atoms with Crippen LogP contribution in [0.4, 0.5) is 11.4 Å². The minimum Gasteiger partial charge on any atom is -0.376 e. The Labute approximate surface area is 124 Å². The Balaban J connectivity index is 2.35. The van der Waals surface area contributed by atoms with Gasteiger partial charge in [0.1, 0.15) is 11.9 Å². The molecule has 1 unspecified atom stereocenters. The van der Waals surface area contributed by atoms with Gasteiger partial charge in [0.25, 0.3) is 0 Å². The van der Waals surface area contributed by atoms with Crippen molar-refractivity contribution in [1.29, 1.82) is 0 Å². The number of rotatable bonds is 6. The zero-order valence-electron chi connectivity index (χ0n) is 12.7. The largest absolute Gasteiger partial charge is 0.376 e. The van der Waals surface area contributed by atoms with E-state index in [2.05, 4.69) is 31.1 Å². The average molecular weight is 287 g/mol. The first-order valence-electron chi connectivity index (χ1n) is 7.27. The molecule has 0 saturated carbocycles. The van der Waals surface area contributed by atoms with Crippen molar-refractivity contribution in [3.05, 3.63) is 40.6 Å². The van der Waals surface area contributed by atoms with Gasteiger partial charge in [0.05, 0.1) is 10.4 Å². The molecule has 112 valence electrons.